The molecule has 0 bridgehead atoms. The summed E-state index contributed by atoms with van der Waals surface area (Å²) in [4.78, 5) is 0. The lowest BCUT2D eigenvalue weighted by atomic mass is 9.98. The van der Waals surface area contributed by atoms with Gasteiger partial charge in [0.25, 0.3) is 0 Å². The maximum Gasteiger partial charge on any atom is 0.0543 e. The van der Waals surface area contributed by atoms with Gasteiger partial charge in [0.2, 0.25) is 0 Å². The van der Waals surface area contributed by atoms with Crippen molar-refractivity contribution in [3.63, 3.8) is 0 Å². The van der Waals surface area contributed by atoms with E-state index in [9.17, 15) is 0 Å². The highest BCUT2D eigenvalue weighted by atomic mass is 15.0. The molecule has 238 valence electrons. The van der Waals surface area contributed by atoms with Gasteiger partial charge in [-0.15, -0.1) is 0 Å². The van der Waals surface area contributed by atoms with Gasteiger partial charge in [-0.1, -0.05) is 127 Å². The fraction of sp³-hybridized carbons (Fsp3) is 0.0417. The van der Waals surface area contributed by atoms with Crippen LogP contribution in [0.25, 0.3) is 88.4 Å². The highest BCUT2D eigenvalue weighted by molar-refractivity contribution is 6.13. The third-order valence-corrected chi connectivity index (χ3v) is 9.95. The van der Waals surface area contributed by atoms with Crippen LogP contribution in [0, 0.1) is 0 Å². The number of rotatable bonds is 6. The van der Waals surface area contributed by atoms with Crippen molar-refractivity contribution >= 4 is 49.3 Å². The van der Waals surface area contributed by atoms with E-state index in [0.717, 1.165) is 5.69 Å². The van der Waals surface area contributed by atoms with Crippen molar-refractivity contribution in [1.29, 1.82) is 0 Å². The zero-order chi connectivity index (χ0) is 33.6. The SMILES string of the molecule is CC=CC=C(C)n1c2ccccc2c2ccc(-c3ccc4c(c3)c3ccccc3n4-c3cc(-c4ccccc4)cc(-c4ccccc4)c3)cc21. The van der Waals surface area contributed by atoms with Crippen LogP contribution in [0.1, 0.15) is 13.8 Å². The Bertz CT molecular complexity index is 2700. The standard InChI is InChI=1S/C48H36N2/c1-3-4-15-33(2)49-45-22-13-11-20-41(45)43-26-24-37(32-48(43)49)36-25-27-47-44(31-36)42-21-12-14-23-46(42)50(47)40-29-38(34-16-7-5-8-17-34)28-39(30-40)35-18-9-6-10-19-35/h3-32H,1-2H3. The molecule has 2 nitrogen and oxygen atoms in total. The van der Waals surface area contributed by atoms with E-state index in [1.807, 2.05) is 0 Å². The lowest BCUT2D eigenvalue weighted by Gasteiger charge is -2.14. The van der Waals surface area contributed by atoms with Crippen LogP contribution in [0.5, 0.6) is 0 Å². The zero-order valence-corrected chi connectivity index (χ0v) is 28.2. The largest absolute Gasteiger partial charge is 0.313 e. The van der Waals surface area contributed by atoms with Crippen molar-refractivity contribution in [3.8, 4) is 39.1 Å². The topological polar surface area (TPSA) is 9.86 Å². The molecule has 0 aliphatic carbocycles. The summed E-state index contributed by atoms with van der Waals surface area (Å²) in [5.41, 5.74) is 14.4. The van der Waals surface area contributed by atoms with E-state index in [-0.39, 0.29) is 0 Å². The Kier molecular flexibility index (Phi) is 7.29. The molecule has 9 aromatic rings. The molecule has 50 heavy (non-hydrogen) atoms. The Morgan fingerprint density at radius 1 is 0.420 bits per heavy atom. The second-order valence-electron chi connectivity index (χ2n) is 13.0. The second kappa shape index (κ2) is 12.3. The van der Waals surface area contributed by atoms with Crippen LogP contribution in [-0.4, -0.2) is 9.13 Å². The molecular weight excluding hydrogens is 605 g/mol. The third-order valence-electron chi connectivity index (χ3n) is 9.95. The summed E-state index contributed by atoms with van der Waals surface area (Å²) in [7, 11) is 0. The van der Waals surface area contributed by atoms with Gasteiger partial charge in [-0.3, -0.25) is 0 Å². The fourth-order valence-corrected chi connectivity index (χ4v) is 7.61. The number of fused-ring (bicyclic) bond motifs is 6. The van der Waals surface area contributed by atoms with Gasteiger partial charge in [0, 0.05) is 32.9 Å². The van der Waals surface area contributed by atoms with Crippen LogP contribution in [0.2, 0.25) is 0 Å². The van der Waals surface area contributed by atoms with Crippen molar-refractivity contribution in [3.05, 3.63) is 182 Å². The molecule has 7 aromatic carbocycles. The van der Waals surface area contributed by atoms with E-state index in [4.69, 9.17) is 0 Å². The van der Waals surface area contributed by atoms with Crippen molar-refractivity contribution < 1.29 is 0 Å². The van der Waals surface area contributed by atoms with Crippen molar-refractivity contribution in [1.82, 2.24) is 9.13 Å². The lowest BCUT2D eigenvalue weighted by molar-refractivity contribution is 1.18. The number of hydrogen-bond donors (Lipinski definition) is 0. The molecule has 0 N–H and O–H groups in total. The number of hydrogen-bond acceptors (Lipinski definition) is 0. The zero-order valence-electron chi connectivity index (χ0n) is 28.2. The van der Waals surface area contributed by atoms with Crippen LogP contribution in [0.15, 0.2) is 182 Å². The summed E-state index contributed by atoms with van der Waals surface area (Å²) in [5, 5.41) is 5.03. The first-order valence-electron chi connectivity index (χ1n) is 17.3. The summed E-state index contributed by atoms with van der Waals surface area (Å²) in [6, 6.07) is 59.8. The molecule has 0 spiro atoms. The van der Waals surface area contributed by atoms with E-state index in [0.29, 0.717) is 0 Å². The maximum atomic E-state index is 2.43. The van der Waals surface area contributed by atoms with Crippen LogP contribution >= 0.6 is 0 Å². The smallest absolute Gasteiger partial charge is 0.0543 e. The highest BCUT2D eigenvalue weighted by Crippen LogP contribution is 2.39. The molecule has 2 aromatic heterocycles. The van der Waals surface area contributed by atoms with Gasteiger partial charge in [-0.25, -0.2) is 0 Å². The number of benzene rings is 7. The predicted molar refractivity (Wildman–Crippen MR) is 215 cm³/mol. The molecule has 0 amide bonds. The number of para-hydroxylation sites is 2. The molecular formula is C48H36N2. The molecule has 0 saturated heterocycles. The van der Waals surface area contributed by atoms with Gasteiger partial charge in [-0.2, -0.15) is 0 Å². The normalized spacial score (nSPS) is 12.2. The predicted octanol–water partition coefficient (Wildman–Crippen LogP) is 13.3. The Morgan fingerprint density at radius 3 is 1.64 bits per heavy atom. The van der Waals surface area contributed by atoms with Gasteiger partial charge in [-0.05, 0) is 102 Å². The minimum Gasteiger partial charge on any atom is -0.313 e. The fourth-order valence-electron chi connectivity index (χ4n) is 7.61. The molecule has 0 atom stereocenters. The van der Waals surface area contributed by atoms with Gasteiger partial charge in [0.1, 0.15) is 0 Å². The first-order valence-corrected chi connectivity index (χ1v) is 17.3. The van der Waals surface area contributed by atoms with Gasteiger partial charge >= 0.3 is 0 Å². The highest BCUT2D eigenvalue weighted by Gasteiger charge is 2.17. The average Bonchev–Trinajstić information content (AvgIpc) is 3.69. The molecule has 0 saturated carbocycles. The number of allylic oxidation sites excluding steroid dienone is 4. The van der Waals surface area contributed by atoms with Crippen LogP contribution < -0.4 is 0 Å². The summed E-state index contributed by atoms with van der Waals surface area (Å²) < 4.78 is 4.83. The third kappa shape index (κ3) is 4.96. The Hall–Kier alpha value is -6.38. The first-order chi connectivity index (χ1) is 24.7. The van der Waals surface area contributed by atoms with Crippen LogP contribution in [0.3, 0.4) is 0 Å². The minimum atomic E-state index is 1.15. The second-order valence-corrected chi connectivity index (χ2v) is 13.0. The number of aromatic nitrogens is 2. The van der Waals surface area contributed by atoms with Gasteiger partial charge in [0.15, 0.2) is 0 Å². The Morgan fingerprint density at radius 2 is 0.960 bits per heavy atom. The van der Waals surface area contributed by atoms with Crippen molar-refractivity contribution in [2.45, 2.75) is 13.8 Å². The van der Waals surface area contributed by atoms with E-state index < -0.39 is 0 Å². The van der Waals surface area contributed by atoms with Gasteiger partial charge < -0.3 is 9.13 Å². The summed E-state index contributed by atoms with van der Waals surface area (Å²) >= 11 is 0. The quantitative estimate of drug-likeness (QED) is 0.160. The van der Waals surface area contributed by atoms with Gasteiger partial charge in [0.05, 0.1) is 22.1 Å². The molecule has 2 heteroatoms. The molecule has 0 unspecified atom stereocenters. The maximum absolute atomic E-state index is 2.43. The molecule has 0 aliphatic rings. The van der Waals surface area contributed by atoms with E-state index in [1.54, 1.807) is 0 Å². The lowest BCUT2D eigenvalue weighted by Crippen LogP contribution is -1.96. The summed E-state index contributed by atoms with van der Waals surface area (Å²) in [5.74, 6) is 0. The summed E-state index contributed by atoms with van der Waals surface area (Å²) in [6.07, 6.45) is 6.38. The average molecular weight is 641 g/mol. The minimum absolute atomic E-state index is 1.15. The van der Waals surface area contributed by atoms with Crippen LogP contribution in [-0.2, 0) is 0 Å². The molecule has 9 rings (SSSR count). The molecule has 2 heterocycles. The Balaban J connectivity index is 1.25. The van der Waals surface area contributed by atoms with E-state index in [2.05, 4.69) is 205 Å². The van der Waals surface area contributed by atoms with Crippen molar-refractivity contribution in [2.75, 3.05) is 0 Å². The molecule has 0 radical (unpaired) electrons. The molecule has 0 aliphatic heterocycles. The number of nitrogens with zero attached hydrogens (tertiary/aromatic N) is 2. The van der Waals surface area contributed by atoms with E-state index in [1.165, 1.54) is 82.7 Å². The van der Waals surface area contributed by atoms with E-state index >= 15 is 0 Å². The molecule has 0 fully saturated rings. The monoisotopic (exact) mass is 640 g/mol. The first kappa shape index (κ1) is 29.7. The van der Waals surface area contributed by atoms with Crippen molar-refractivity contribution in [2.24, 2.45) is 0 Å². The summed E-state index contributed by atoms with van der Waals surface area (Å²) in [6.45, 7) is 4.25. The van der Waals surface area contributed by atoms with Crippen LogP contribution in [0.4, 0.5) is 0 Å². The Labute approximate surface area is 292 Å².